The van der Waals surface area contributed by atoms with E-state index in [-0.39, 0.29) is 0 Å². The molecule has 1 aromatic carbocycles. The number of rotatable bonds is 4. The second kappa shape index (κ2) is 5.42. The number of nitrogen functional groups attached to an aromatic ring is 1. The number of fused-ring (bicyclic) bond motifs is 1. The molecule has 2 heterocycles. The predicted molar refractivity (Wildman–Crippen MR) is 89.8 cm³/mol. The Balaban J connectivity index is 1.99. The molecule has 0 fully saturated rings. The van der Waals surface area contributed by atoms with Crippen molar-refractivity contribution in [2.75, 3.05) is 17.2 Å². The lowest BCUT2D eigenvalue weighted by molar-refractivity contribution is 0.844. The summed E-state index contributed by atoms with van der Waals surface area (Å²) in [5, 5.41) is 3.19. The van der Waals surface area contributed by atoms with E-state index >= 15 is 0 Å². The van der Waals surface area contributed by atoms with Crippen molar-refractivity contribution in [3.05, 3.63) is 39.5 Å². The molecule has 0 bridgehead atoms. The summed E-state index contributed by atoms with van der Waals surface area (Å²) < 4.78 is 1.16. The second-order valence-corrected chi connectivity index (χ2v) is 6.97. The lowest BCUT2D eigenvalue weighted by atomic mass is 10.2. The summed E-state index contributed by atoms with van der Waals surface area (Å²) in [7, 11) is 0. The van der Waals surface area contributed by atoms with E-state index in [9.17, 15) is 0 Å². The Hall–Kier alpha value is -1.59. The molecule has 3 nitrogen and oxygen atoms in total. The van der Waals surface area contributed by atoms with E-state index < -0.39 is 0 Å². The summed E-state index contributed by atoms with van der Waals surface area (Å²) in [5.74, 6) is 0. The summed E-state index contributed by atoms with van der Waals surface area (Å²) in [4.78, 5) is 8.22. The van der Waals surface area contributed by atoms with Crippen molar-refractivity contribution in [1.82, 2.24) is 4.98 Å². The van der Waals surface area contributed by atoms with Crippen LogP contribution in [0.5, 0.6) is 0 Å². The van der Waals surface area contributed by atoms with Crippen molar-refractivity contribution >= 4 is 44.3 Å². The average molecular weight is 303 g/mol. The molecule has 2 aromatic heterocycles. The number of nitrogens with two attached hydrogens (primary N) is 1. The van der Waals surface area contributed by atoms with Gasteiger partial charge in [0.25, 0.3) is 0 Å². The fourth-order valence-corrected chi connectivity index (χ4v) is 3.90. The maximum atomic E-state index is 6.24. The number of nitrogens with zero attached hydrogens (tertiary/aromatic N) is 2. The number of hydrogen-bond acceptors (Lipinski definition) is 5. The van der Waals surface area contributed by atoms with Gasteiger partial charge in [0.05, 0.1) is 33.1 Å². The molecule has 0 saturated heterocycles. The summed E-state index contributed by atoms with van der Waals surface area (Å²) in [6.07, 6.45) is 0. The summed E-state index contributed by atoms with van der Waals surface area (Å²) in [6, 6.07) is 8.41. The molecule has 0 saturated carbocycles. The predicted octanol–water partition coefficient (Wildman–Crippen LogP) is 4.27. The molecule has 0 aliphatic heterocycles. The van der Waals surface area contributed by atoms with Gasteiger partial charge in [0, 0.05) is 11.4 Å². The first kappa shape index (κ1) is 13.4. The van der Waals surface area contributed by atoms with Crippen LogP contribution in [0.4, 0.5) is 11.4 Å². The van der Waals surface area contributed by atoms with Crippen LogP contribution in [0.1, 0.15) is 16.8 Å². The molecule has 0 radical (unpaired) electrons. The van der Waals surface area contributed by atoms with E-state index in [0.717, 1.165) is 39.7 Å². The van der Waals surface area contributed by atoms with Crippen LogP contribution in [-0.2, 0) is 6.54 Å². The van der Waals surface area contributed by atoms with Crippen LogP contribution in [0, 0.1) is 6.92 Å². The van der Waals surface area contributed by atoms with E-state index in [1.807, 2.05) is 13.0 Å². The zero-order chi connectivity index (χ0) is 14.1. The fraction of sp³-hybridized carbons (Fsp3) is 0.267. The number of thiazole rings is 1. The topological polar surface area (TPSA) is 42.2 Å². The summed E-state index contributed by atoms with van der Waals surface area (Å²) >= 11 is 3.47. The lowest BCUT2D eigenvalue weighted by Gasteiger charge is -2.24. The number of aromatic nitrogens is 1. The highest BCUT2D eigenvalue weighted by atomic mass is 32.1. The second-order valence-electron chi connectivity index (χ2n) is 4.71. The molecular formula is C15H17N3S2. The van der Waals surface area contributed by atoms with Gasteiger partial charge in [-0.25, -0.2) is 4.98 Å². The lowest BCUT2D eigenvalue weighted by Crippen LogP contribution is -2.22. The highest BCUT2D eigenvalue weighted by Gasteiger charge is 2.12. The smallest absolute Gasteiger partial charge is 0.0907 e. The van der Waals surface area contributed by atoms with Crippen molar-refractivity contribution in [2.24, 2.45) is 0 Å². The highest BCUT2D eigenvalue weighted by Crippen LogP contribution is 2.33. The zero-order valence-electron chi connectivity index (χ0n) is 11.6. The first-order chi connectivity index (χ1) is 9.67. The Morgan fingerprint density at radius 3 is 2.90 bits per heavy atom. The largest absolute Gasteiger partial charge is 0.397 e. The third-order valence-electron chi connectivity index (χ3n) is 3.29. The standard InChI is InChI=1S/C15H17N3S2/c1-3-18(9-11-5-4-6-19-11)14-8-13-15(7-12(14)16)20-10(2)17-13/h4-8H,3,9,16H2,1-2H3. The Morgan fingerprint density at radius 1 is 1.35 bits per heavy atom. The first-order valence-corrected chi connectivity index (χ1v) is 8.31. The Bertz CT molecular complexity index is 716. The van der Waals surface area contributed by atoms with Crippen molar-refractivity contribution in [3.8, 4) is 0 Å². The van der Waals surface area contributed by atoms with Crippen molar-refractivity contribution in [3.63, 3.8) is 0 Å². The molecule has 3 rings (SSSR count). The van der Waals surface area contributed by atoms with Crippen LogP contribution >= 0.6 is 22.7 Å². The molecule has 0 aliphatic carbocycles. The molecule has 104 valence electrons. The number of thiophene rings is 1. The quantitative estimate of drug-likeness (QED) is 0.732. The van der Waals surface area contributed by atoms with Gasteiger partial charge in [-0.3, -0.25) is 0 Å². The number of aryl methyl sites for hydroxylation is 1. The van der Waals surface area contributed by atoms with Gasteiger partial charge in [0.2, 0.25) is 0 Å². The Morgan fingerprint density at radius 2 is 2.20 bits per heavy atom. The molecule has 0 spiro atoms. The van der Waals surface area contributed by atoms with Crippen LogP contribution in [0.3, 0.4) is 0 Å². The van der Waals surface area contributed by atoms with Gasteiger partial charge in [-0.2, -0.15) is 0 Å². The van der Waals surface area contributed by atoms with E-state index in [2.05, 4.69) is 40.4 Å². The minimum Gasteiger partial charge on any atom is -0.397 e. The molecule has 5 heteroatoms. The van der Waals surface area contributed by atoms with Gasteiger partial charge in [-0.15, -0.1) is 22.7 Å². The zero-order valence-corrected chi connectivity index (χ0v) is 13.2. The molecule has 3 aromatic rings. The van der Waals surface area contributed by atoms with Crippen molar-refractivity contribution < 1.29 is 0 Å². The monoisotopic (exact) mass is 303 g/mol. The molecular weight excluding hydrogens is 286 g/mol. The first-order valence-electron chi connectivity index (χ1n) is 6.61. The molecule has 0 amide bonds. The van der Waals surface area contributed by atoms with Crippen molar-refractivity contribution in [1.29, 1.82) is 0 Å². The van der Waals surface area contributed by atoms with Gasteiger partial charge >= 0.3 is 0 Å². The van der Waals surface area contributed by atoms with Crippen molar-refractivity contribution in [2.45, 2.75) is 20.4 Å². The molecule has 0 atom stereocenters. The third kappa shape index (κ3) is 2.51. The summed E-state index contributed by atoms with van der Waals surface area (Å²) in [6.45, 7) is 6.01. The highest BCUT2D eigenvalue weighted by molar-refractivity contribution is 7.18. The maximum absolute atomic E-state index is 6.24. The van der Waals surface area contributed by atoms with Gasteiger partial charge in [0.15, 0.2) is 0 Å². The van der Waals surface area contributed by atoms with Crippen LogP contribution in [0.15, 0.2) is 29.6 Å². The SMILES string of the molecule is CCN(Cc1cccs1)c1cc2nc(C)sc2cc1N. The number of hydrogen-bond donors (Lipinski definition) is 1. The van der Waals surface area contributed by atoms with Crippen LogP contribution in [0.2, 0.25) is 0 Å². The van der Waals surface area contributed by atoms with E-state index in [1.54, 1.807) is 22.7 Å². The molecule has 0 unspecified atom stereocenters. The summed E-state index contributed by atoms with van der Waals surface area (Å²) in [5.41, 5.74) is 9.20. The minimum atomic E-state index is 0.833. The van der Waals surface area contributed by atoms with Crippen LogP contribution < -0.4 is 10.6 Å². The third-order valence-corrected chi connectivity index (χ3v) is 5.09. The molecule has 0 aliphatic rings. The van der Waals surface area contributed by atoms with Crippen LogP contribution in [0.25, 0.3) is 10.2 Å². The van der Waals surface area contributed by atoms with Crippen LogP contribution in [-0.4, -0.2) is 11.5 Å². The average Bonchev–Trinajstić information content (AvgIpc) is 3.03. The van der Waals surface area contributed by atoms with Gasteiger partial charge < -0.3 is 10.6 Å². The number of benzene rings is 1. The van der Waals surface area contributed by atoms with Gasteiger partial charge in [-0.05, 0) is 37.4 Å². The van der Waals surface area contributed by atoms with E-state index in [0.29, 0.717) is 0 Å². The van der Waals surface area contributed by atoms with E-state index in [4.69, 9.17) is 5.73 Å². The fourth-order valence-electron chi connectivity index (χ4n) is 2.33. The Labute approximate surface area is 126 Å². The van der Waals surface area contributed by atoms with Gasteiger partial charge in [-0.1, -0.05) is 6.07 Å². The normalized spacial score (nSPS) is 11.1. The molecule has 20 heavy (non-hydrogen) atoms. The minimum absolute atomic E-state index is 0.833. The molecule has 2 N–H and O–H groups in total. The van der Waals surface area contributed by atoms with Gasteiger partial charge in [0.1, 0.15) is 0 Å². The Kier molecular flexibility index (Phi) is 3.63. The number of anilines is 2. The van der Waals surface area contributed by atoms with E-state index in [1.165, 1.54) is 4.88 Å². The maximum Gasteiger partial charge on any atom is 0.0907 e.